The van der Waals surface area contributed by atoms with Gasteiger partial charge in [0.25, 0.3) is 11.8 Å². The monoisotopic (exact) mass is 352 g/mol. The van der Waals surface area contributed by atoms with Crippen molar-refractivity contribution < 1.29 is 19.5 Å². The summed E-state index contributed by atoms with van der Waals surface area (Å²) in [6, 6.07) is 13.7. The van der Waals surface area contributed by atoms with Crippen LogP contribution in [0.25, 0.3) is 0 Å². The predicted octanol–water partition coefficient (Wildman–Crippen LogP) is 2.13. The number of hydrogen-bond donors (Lipinski definition) is 2. The van der Waals surface area contributed by atoms with Crippen molar-refractivity contribution in [2.45, 2.75) is 19.3 Å². The van der Waals surface area contributed by atoms with E-state index in [1.165, 1.54) is 0 Å². The second-order valence-electron chi connectivity index (χ2n) is 6.18. The highest BCUT2D eigenvalue weighted by Crippen LogP contribution is 2.22. The maximum absolute atomic E-state index is 12.2. The van der Waals surface area contributed by atoms with Crippen LogP contribution in [0, 0.1) is 0 Å². The number of phenols is 1. The topological polar surface area (TPSA) is 86.7 Å². The maximum Gasteiger partial charge on any atom is 0.261 e. The number of amides is 3. The molecule has 0 fully saturated rings. The molecule has 1 aliphatic rings. The van der Waals surface area contributed by atoms with Crippen LogP contribution in [-0.4, -0.2) is 40.8 Å². The first kappa shape index (κ1) is 17.7. The predicted molar refractivity (Wildman–Crippen MR) is 95.9 cm³/mol. The number of phenolic OH excluding ortho intramolecular Hbond substituents is 1. The van der Waals surface area contributed by atoms with Gasteiger partial charge in [0, 0.05) is 19.5 Å². The lowest BCUT2D eigenvalue weighted by atomic mass is 10.1. The first-order valence-corrected chi connectivity index (χ1v) is 8.56. The van der Waals surface area contributed by atoms with Crippen LogP contribution < -0.4 is 5.32 Å². The fourth-order valence-electron chi connectivity index (χ4n) is 2.98. The molecule has 2 N–H and O–H groups in total. The summed E-state index contributed by atoms with van der Waals surface area (Å²) in [4.78, 5) is 37.5. The summed E-state index contributed by atoms with van der Waals surface area (Å²) < 4.78 is 0. The van der Waals surface area contributed by atoms with Crippen LogP contribution in [0.4, 0.5) is 0 Å². The number of rotatable bonds is 7. The Bertz CT molecular complexity index is 812. The molecule has 0 radical (unpaired) electrons. The zero-order valence-corrected chi connectivity index (χ0v) is 14.3. The Morgan fingerprint density at radius 2 is 1.69 bits per heavy atom. The molecule has 2 aromatic carbocycles. The van der Waals surface area contributed by atoms with E-state index in [0.29, 0.717) is 17.7 Å². The summed E-state index contributed by atoms with van der Waals surface area (Å²) in [7, 11) is 0. The normalized spacial score (nSPS) is 13.0. The van der Waals surface area contributed by atoms with Gasteiger partial charge in [-0.15, -0.1) is 0 Å². The van der Waals surface area contributed by atoms with E-state index in [0.717, 1.165) is 23.3 Å². The van der Waals surface area contributed by atoms with Crippen molar-refractivity contribution in [3.05, 3.63) is 65.2 Å². The number of fused-ring (bicyclic) bond motifs is 1. The zero-order chi connectivity index (χ0) is 18.5. The first-order chi connectivity index (χ1) is 12.6. The Morgan fingerprint density at radius 1 is 1.00 bits per heavy atom. The molecular formula is C20H20N2O4. The molecule has 0 saturated carbocycles. The van der Waals surface area contributed by atoms with Crippen LogP contribution in [0.3, 0.4) is 0 Å². The van der Waals surface area contributed by atoms with Crippen molar-refractivity contribution in [1.29, 1.82) is 0 Å². The molecule has 0 atom stereocenters. The van der Waals surface area contributed by atoms with Crippen molar-refractivity contribution in [2.24, 2.45) is 0 Å². The molecule has 1 heterocycles. The number of nitrogens with one attached hydrogen (secondary N) is 1. The molecular weight excluding hydrogens is 332 g/mol. The number of aryl methyl sites for hydroxylation is 1. The van der Waals surface area contributed by atoms with Gasteiger partial charge in [0.2, 0.25) is 5.91 Å². The van der Waals surface area contributed by atoms with Crippen molar-refractivity contribution in [1.82, 2.24) is 10.2 Å². The molecule has 0 bridgehead atoms. The molecule has 2 aromatic rings. The third-order valence-corrected chi connectivity index (χ3v) is 4.32. The van der Waals surface area contributed by atoms with E-state index >= 15 is 0 Å². The smallest absolute Gasteiger partial charge is 0.261 e. The van der Waals surface area contributed by atoms with E-state index in [-0.39, 0.29) is 36.4 Å². The minimum absolute atomic E-state index is 0.0741. The average molecular weight is 352 g/mol. The Balaban J connectivity index is 1.41. The minimum Gasteiger partial charge on any atom is -0.508 e. The van der Waals surface area contributed by atoms with Crippen LogP contribution in [0.2, 0.25) is 0 Å². The van der Waals surface area contributed by atoms with E-state index in [4.69, 9.17) is 0 Å². The number of carbonyl (C=O) groups is 3. The Hall–Kier alpha value is -3.15. The van der Waals surface area contributed by atoms with Gasteiger partial charge in [-0.3, -0.25) is 19.3 Å². The summed E-state index contributed by atoms with van der Waals surface area (Å²) in [5.41, 5.74) is 1.79. The molecule has 0 spiro atoms. The highest BCUT2D eigenvalue weighted by atomic mass is 16.3. The maximum atomic E-state index is 12.2. The molecule has 0 unspecified atom stereocenters. The van der Waals surface area contributed by atoms with E-state index in [1.807, 2.05) is 6.07 Å². The molecule has 134 valence electrons. The van der Waals surface area contributed by atoms with E-state index in [9.17, 15) is 19.5 Å². The van der Waals surface area contributed by atoms with Crippen molar-refractivity contribution in [2.75, 3.05) is 13.1 Å². The largest absolute Gasteiger partial charge is 0.508 e. The molecule has 0 saturated heterocycles. The van der Waals surface area contributed by atoms with Gasteiger partial charge in [0.15, 0.2) is 0 Å². The van der Waals surface area contributed by atoms with E-state index in [1.54, 1.807) is 42.5 Å². The molecule has 0 aliphatic carbocycles. The SMILES string of the molecule is O=C(CCN1C(=O)c2ccccc2C1=O)NCCCc1cccc(O)c1. The van der Waals surface area contributed by atoms with Crippen LogP contribution >= 0.6 is 0 Å². The fraction of sp³-hybridized carbons (Fsp3) is 0.250. The van der Waals surface area contributed by atoms with Crippen molar-refractivity contribution in [3.8, 4) is 5.75 Å². The van der Waals surface area contributed by atoms with Gasteiger partial charge in [-0.1, -0.05) is 24.3 Å². The lowest BCUT2D eigenvalue weighted by Gasteiger charge is -2.13. The highest BCUT2D eigenvalue weighted by Gasteiger charge is 2.34. The first-order valence-electron chi connectivity index (χ1n) is 8.56. The molecule has 3 amide bonds. The van der Waals surface area contributed by atoms with Gasteiger partial charge >= 0.3 is 0 Å². The zero-order valence-electron chi connectivity index (χ0n) is 14.3. The van der Waals surface area contributed by atoms with E-state index in [2.05, 4.69) is 5.32 Å². The number of imide groups is 1. The Labute approximate surface area is 151 Å². The summed E-state index contributed by atoms with van der Waals surface area (Å²) >= 11 is 0. The number of nitrogens with zero attached hydrogens (tertiary/aromatic N) is 1. The van der Waals surface area contributed by atoms with Gasteiger partial charge in [-0.05, 0) is 42.7 Å². The van der Waals surface area contributed by atoms with Gasteiger partial charge in [-0.2, -0.15) is 0 Å². The molecule has 0 aromatic heterocycles. The average Bonchev–Trinajstić information content (AvgIpc) is 2.88. The Kier molecular flexibility index (Phi) is 5.31. The van der Waals surface area contributed by atoms with Gasteiger partial charge < -0.3 is 10.4 Å². The number of aromatic hydroxyl groups is 1. The molecule has 6 nitrogen and oxygen atoms in total. The summed E-state index contributed by atoms with van der Waals surface area (Å²) in [6.07, 6.45) is 1.56. The van der Waals surface area contributed by atoms with Crippen LogP contribution in [0.15, 0.2) is 48.5 Å². The summed E-state index contributed by atoms with van der Waals surface area (Å²) in [6.45, 7) is 0.571. The van der Waals surface area contributed by atoms with E-state index < -0.39 is 0 Å². The molecule has 6 heteroatoms. The second-order valence-corrected chi connectivity index (χ2v) is 6.18. The molecule has 3 rings (SSSR count). The Morgan fingerprint density at radius 3 is 2.35 bits per heavy atom. The summed E-state index contributed by atoms with van der Waals surface area (Å²) in [5, 5.41) is 12.2. The third kappa shape index (κ3) is 3.91. The molecule has 1 aliphatic heterocycles. The van der Waals surface area contributed by atoms with Crippen LogP contribution in [-0.2, 0) is 11.2 Å². The lowest BCUT2D eigenvalue weighted by Crippen LogP contribution is -2.34. The van der Waals surface area contributed by atoms with Crippen molar-refractivity contribution in [3.63, 3.8) is 0 Å². The number of benzene rings is 2. The number of hydrogen-bond acceptors (Lipinski definition) is 4. The van der Waals surface area contributed by atoms with Gasteiger partial charge in [0.1, 0.15) is 5.75 Å². The van der Waals surface area contributed by atoms with Gasteiger partial charge in [0.05, 0.1) is 11.1 Å². The fourth-order valence-corrected chi connectivity index (χ4v) is 2.98. The van der Waals surface area contributed by atoms with Crippen LogP contribution in [0.5, 0.6) is 5.75 Å². The summed E-state index contributed by atoms with van der Waals surface area (Å²) in [5.74, 6) is -0.658. The third-order valence-electron chi connectivity index (χ3n) is 4.32. The molecule has 26 heavy (non-hydrogen) atoms. The quantitative estimate of drug-likeness (QED) is 0.590. The second kappa shape index (κ2) is 7.82. The van der Waals surface area contributed by atoms with Gasteiger partial charge in [-0.25, -0.2) is 0 Å². The number of carbonyl (C=O) groups excluding carboxylic acids is 3. The lowest BCUT2D eigenvalue weighted by molar-refractivity contribution is -0.121. The van der Waals surface area contributed by atoms with Crippen LogP contribution in [0.1, 0.15) is 39.1 Å². The van der Waals surface area contributed by atoms with Crippen molar-refractivity contribution >= 4 is 17.7 Å². The standard InChI is InChI=1S/C20H20N2O4/c23-15-7-3-5-14(13-15)6-4-11-21-18(24)10-12-22-19(25)16-8-1-2-9-17(16)20(22)26/h1-3,5,7-9,13,23H,4,6,10-12H2,(H,21,24). The minimum atomic E-state index is -0.345. The highest BCUT2D eigenvalue weighted by molar-refractivity contribution is 6.21.